The zero-order valence-corrected chi connectivity index (χ0v) is 9.87. The Bertz CT molecular complexity index is 127. The largest absolute Gasteiger partial charge is 0.389 e. The third-order valence-electron chi connectivity index (χ3n) is 1.73. The summed E-state index contributed by atoms with van der Waals surface area (Å²) in [6, 6.07) is 0. The molecule has 4 nitrogen and oxygen atoms in total. The molecule has 0 fully saturated rings. The summed E-state index contributed by atoms with van der Waals surface area (Å²) < 4.78 is 10.1. The van der Waals surface area contributed by atoms with Crippen molar-refractivity contribution < 1.29 is 14.6 Å². The van der Waals surface area contributed by atoms with Gasteiger partial charge in [0.05, 0.1) is 25.9 Å². The van der Waals surface area contributed by atoms with Gasteiger partial charge >= 0.3 is 0 Å². The van der Waals surface area contributed by atoms with Crippen LogP contribution < -0.4 is 0 Å². The summed E-state index contributed by atoms with van der Waals surface area (Å²) in [6.07, 6.45) is -0.421. The van der Waals surface area contributed by atoms with Crippen LogP contribution in [0.2, 0.25) is 0 Å². The second kappa shape index (κ2) is 9.73. The Hall–Kier alpha value is 0.190. The molecule has 0 spiro atoms. The molecule has 1 atom stereocenters. The zero-order chi connectivity index (χ0) is 10.8. The number of likely N-dealkylation sites (N-methyl/N-ethyl adjacent to an activating group) is 1. The molecule has 0 aromatic carbocycles. The molecule has 0 aliphatic rings. The summed E-state index contributed by atoms with van der Waals surface area (Å²) in [5.41, 5.74) is 0. The Balaban J connectivity index is 3.30. The first-order valence-corrected chi connectivity index (χ1v) is 5.38. The minimum Gasteiger partial charge on any atom is -0.389 e. The maximum Gasteiger partial charge on any atom is 0.0899 e. The predicted octanol–water partition coefficient (Wildman–Crippen LogP) is -0.128. The molecule has 0 saturated carbocycles. The average Bonchev–Trinajstić information content (AvgIpc) is 2.13. The minimum absolute atomic E-state index is 0.377. The van der Waals surface area contributed by atoms with Crippen LogP contribution in [0, 0.1) is 0 Å². The van der Waals surface area contributed by atoms with Gasteiger partial charge in [-0.15, -0.1) is 0 Å². The molecule has 0 aromatic heterocycles. The topological polar surface area (TPSA) is 41.9 Å². The van der Waals surface area contributed by atoms with E-state index in [0.29, 0.717) is 26.4 Å². The first-order valence-electron chi connectivity index (χ1n) is 4.74. The van der Waals surface area contributed by atoms with Crippen LogP contribution >= 0.6 is 12.6 Å². The van der Waals surface area contributed by atoms with Crippen LogP contribution in [0.15, 0.2) is 0 Å². The summed E-state index contributed by atoms with van der Waals surface area (Å²) in [4.78, 5) is 2.02. The Morgan fingerprint density at radius 3 is 2.71 bits per heavy atom. The van der Waals surface area contributed by atoms with Crippen LogP contribution in [-0.2, 0) is 9.47 Å². The number of nitrogens with zero attached hydrogens (tertiary/aromatic N) is 1. The summed E-state index contributed by atoms with van der Waals surface area (Å²) in [5.74, 6) is 0.746. The molecule has 0 aromatic rings. The highest BCUT2D eigenvalue weighted by Crippen LogP contribution is 1.90. The number of thiol groups is 1. The van der Waals surface area contributed by atoms with Crippen molar-refractivity contribution in [2.45, 2.75) is 6.10 Å². The van der Waals surface area contributed by atoms with E-state index in [1.165, 1.54) is 0 Å². The van der Waals surface area contributed by atoms with Gasteiger partial charge in [0.25, 0.3) is 0 Å². The van der Waals surface area contributed by atoms with Gasteiger partial charge in [-0.05, 0) is 7.05 Å². The highest BCUT2D eigenvalue weighted by atomic mass is 32.1. The lowest BCUT2D eigenvalue weighted by Gasteiger charge is -2.19. The van der Waals surface area contributed by atoms with Gasteiger partial charge in [0.15, 0.2) is 0 Å². The van der Waals surface area contributed by atoms with Crippen molar-refractivity contribution in [1.29, 1.82) is 0 Å². The van der Waals surface area contributed by atoms with E-state index in [4.69, 9.17) is 9.47 Å². The molecular weight excluding hydrogens is 202 g/mol. The van der Waals surface area contributed by atoms with Crippen LogP contribution in [0.1, 0.15) is 0 Å². The van der Waals surface area contributed by atoms with Gasteiger partial charge in [0.1, 0.15) is 0 Å². The standard InChI is InChI=1S/C9H21NO3S/c1-10(3-4-13-5-6-14)7-9(11)8-12-2/h9,11,14H,3-8H2,1-2H3. The van der Waals surface area contributed by atoms with Gasteiger partial charge in [-0.3, -0.25) is 0 Å². The molecule has 0 amide bonds. The third kappa shape index (κ3) is 8.77. The maximum absolute atomic E-state index is 9.40. The van der Waals surface area contributed by atoms with Gasteiger partial charge in [-0.25, -0.2) is 0 Å². The molecule has 0 heterocycles. The van der Waals surface area contributed by atoms with Crippen molar-refractivity contribution in [2.75, 3.05) is 52.8 Å². The SMILES string of the molecule is COCC(O)CN(C)CCOCCS. The fraction of sp³-hybridized carbons (Fsp3) is 1.00. The molecule has 1 unspecified atom stereocenters. The van der Waals surface area contributed by atoms with Crippen LogP contribution in [0.4, 0.5) is 0 Å². The molecule has 0 aliphatic heterocycles. The lowest BCUT2D eigenvalue weighted by molar-refractivity contribution is 0.0358. The Kier molecular flexibility index (Phi) is 9.87. The highest BCUT2D eigenvalue weighted by molar-refractivity contribution is 7.80. The van der Waals surface area contributed by atoms with Crippen LogP contribution in [-0.4, -0.2) is 68.9 Å². The fourth-order valence-corrected chi connectivity index (χ4v) is 1.21. The van der Waals surface area contributed by atoms with E-state index in [2.05, 4.69) is 12.6 Å². The quantitative estimate of drug-likeness (QED) is 0.422. The Labute approximate surface area is 91.6 Å². The van der Waals surface area contributed by atoms with E-state index in [9.17, 15) is 5.11 Å². The third-order valence-corrected chi connectivity index (χ3v) is 1.92. The van der Waals surface area contributed by atoms with Crippen LogP contribution in [0.5, 0.6) is 0 Å². The minimum atomic E-state index is -0.421. The summed E-state index contributed by atoms with van der Waals surface area (Å²) in [6.45, 7) is 3.16. The first-order chi connectivity index (χ1) is 6.70. The summed E-state index contributed by atoms with van der Waals surface area (Å²) in [5, 5.41) is 9.40. The molecule has 0 saturated heterocycles. The predicted molar refractivity (Wildman–Crippen MR) is 60.1 cm³/mol. The normalized spacial score (nSPS) is 13.5. The maximum atomic E-state index is 9.40. The first kappa shape index (κ1) is 14.2. The molecule has 14 heavy (non-hydrogen) atoms. The number of rotatable bonds is 9. The fourth-order valence-electron chi connectivity index (χ4n) is 1.08. The molecular formula is C9H21NO3S. The lowest BCUT2D eigenvalue weighted by atomic mass is 10.3. The molecule has 5 heteroatoms. The molecule has 0 bridgehead atoms. The van der Waals surface area contributed by atoms with Crippen molar-refractivity contribution in [3.8, 4) is 0 Å². The average molecular weight is 223 g/mol. The van der Waals surface area contributed by atoms with Gasteiger partial charge in [0, 0.05) is 26.0 Å². The number of aliphatic hydroxyl groups excluding tert-OH is 1. The molecule has 0 rings (SSSR count). The zero-order valence-electron chi connectivity index (χ0n) is 8.98. The van der Waals surface area contributed by atoms with E-state index in [-0.39, 0.29) is 0 Å². The van der Waals surface area contributed by atoms with E-state index in [1.807, 2.05) is 11.9 Å². The van der Waals surface area contributed by atoms with E-state index in [1.54, 1.807) is 7.11 Å². The number of aliphatic hydroxyl groups is 1. The van der Waals surface area contributed by atoms with Crippen molar-refractivity contribution in [3.05, 3.63) is 0 Å². The van der Waals surface area contributed by atoms with Crippen molar-refractivity contribution in [3.63, 3.8) is 0 Å². The number of ether oxygens (including phenoxy) is 2. The summed E-state index contributed by atoms with van der Waals surface area (Å²) >= 11 is 4.03. The van der Waals surface area contributed by atoms with Crippen molar-refractivity contribution >= 4 is 12.6 Å². The van der Waals surface area contributed by atoms with Crippen molar-refractivity contribution in [1.82, 2.24) is 4.90 Å². The second-order valence-electron chi connectivity index (χ2n) is 3.21. The monoisotopic (exact) mass is 223 g/mol. The van der Waals surface area contributed by atoms with Crippen LogP contribution in [0.3, 0.4) is 0 Å². The molecule has 0 aliphatic carbocycles. The Morgan fingerprint density at radius 2 is 2.14 bits per heavy atom. The van der Waals surface area contributed by atoms with Gasteiger partial charge in [-0.2, -0.15) is 12.6 Å². The smallest absolute Gasteiger partial charge is 0.0899 e. The van der Waals surface area contributed by atoms with E-state index >= 15 is 0 Å². The van der Waals surface area contributed by atoms with Gasteiger partial charge in [-0.1, -0.05) is 0 Å². The number of hydrogen-bond acceptors (Lipinski definition) is 5. The summed E-state index contributed by atoms with van der Waals surface area (Å²) in [7, 11) is 3.53. The molecule has 1 N–H and O–H groups in total. The lowest BCUT2D eigenvalue weighted by Crippen LogP contribution is -2.34. The number of hydrogen-bond donors (Lipinski definition) is 2. The van der Waals surface area contributed by atoms with Gasteiger partial charge < -0.3 is 19.5 Å². The van der Waals surface area contributed by atoms with E-state index in [0.717, 1.165) is 12.3 Å². The molecule has 0 radical (unpaired) electrons. The van der Waals surface area contributed by atoms with Crippen molar-refractivity contribution in [2.24, 2.45) is 0 Å². The second-order valence-corrected chi connectivity index (χ2v) is 3.65. The number of methoxy groups -OCH3 is 1. The molecule has 86 valence electrons. The van der Waals surface area contributed by atoms with E-state index < -0.39 is 6.10 Å². The van der Waals surface area contributed by atoms with Crippen LogP contribution in [0.25, 0.3) is 0 Å². The van der Waals surface area contributed by atoms with Gasteiger partial charge in [0.2, 0.25) is 0 Å². The highest BCUT2D eigenvalue weighted by Gasteiger charge is 2.06. The Morgan fingerprint density at radius 1 is 1.43 bits per heavy atom.